The second-order valence-electron chi connectivity index (χ2n) is 5.53. The lowest BCUT2D eigenvalue weighted by Crippen LogP contribution is -2.23. The molecule has 0 fully saturated rings. The van der Waals surface area contributed by atoms with Crippen molar-refractivity contribution in [2.75, 3.05) is 7.05 Å². The van der Waals surface area contributed by atoms with Crippen LogP contribution in [0.1, 0.15) is 21.5 Å². The smallest absolute Gasteiger partial charge is 0.253 e. The van der Waals surface area contributed by atoms with Crippen molar-refractivity contribution in [1.82, 2.24) is 15.6 Å². The Hall–Kier alpha value is -2.43. The predicted molar refractivity (Wildman–Crippen MR) is 97.1 cm³/mol. The van der Waals surface area contributed by atoms with Gasteiger partial charge in [-0.15, -0.1) is 0 Å². The van der Waals surface area contributed by atoms with Gasteiger partial charge in [-0.3, -0.25) is 9.78 Å². The van der Waals surface area contributed by atoms with Crippen LogP contribution in [0.3, 0.4) is 0 Å². The summed E-state index contributed by atoms with van der Waals surface area (Å²) in [6.07, 6.45) is 1.70. The summed E-state index contributed by atoms with van der Waals surface area (Å²) in [6, 6.07) is 15.3. The molecule has 1 amide bonds. The lowest BCUT2D eigenvalue weighted by Gasteiger charge is -2.10. The zero-order chi connectivity index (χ0) is 16.9. The Labute approximate surface area is 145 Å². The average molecular weight is 340 g/mol. The number of pyridine rings is 1. The summed E-state index contributed by atoms with van der Waals surface area (Å²) in [5.41, 5.74) is 3.47. The molecule has 0 aliphatic heterocycles. The molecule has 24 heavy (non-hydrogen) atoms. The highest BCUT2D eigenvalue weighted by molar-refractivity contribution is 6.38. The first-order valence-electron chi connectivity index (χ1n) is 7.73. The van der Waals surface area contributed by atoms with E-state index in [-0.39, 0.29) is 5.91 Å². The van der Waals surface area contributed by atoms with Gasteiger partial charge in [-0.25, -0.2) is 0 Å². The Morgan fingerprint density at radius 1 is 1.08 bits per heavy atom. The predicted octanol–water partition coefficient (Wildman–Crippen LogP) is 3.54. The third kappa shape index (κ3) is 3.55. The Morgan fingerprint density at radius 2 is 1.88 bits per heavy atom. The molecule has 5 heteroatoms. The van der Waals surface area contributed by atoms with Gasteiger partial charge in [0.1, 0.15) is 0 Å². The van der Waals surface area contributed by atoms with Gasteiger partial charge in [0, 0.05) is 24.7 Å². The first-order valence-corrected chi connectivity index (χ1v) is 8.10. The van der Waals surface area contributed by atoms with Gasteiger partial charge in [0.15, 0.2) is 0 Å². The van der Waals surface area contributed by atoms with Crippen LogP contribution in [0.25, 0.3) is 10.9 Å². The van der Waals surface area contributed by atoms with E-state index in [1.165, 1.54) is 5.56 Å². The van der Waals surface area contributed by atoms with Crippen molar-refractivity contribution < 1.29 is 4.79 Å². The molecule has 0 saturated heterocycles. The van der Waals surface area contributed by atoms with Crippen LogP contribution in [0.2, 0.25) is 5.02 Å². The van der Waals surface area contributed by atoms with Gasteiger partial charge in [-0.2, -0.15) is 0 Å². The van der Waals surface area contributed by atoms with Gasteiger partial charge >= 0.3 is 0 Å². The Morgan fingerprint density at radius 3 is 2.67 bits per heavy atom. The van der Waals surface area contributed by atoms with E-state index in [9.17, 15) is 4.79 Å². The number of carbonyl (C=O) groups is 1. The molecule has 0 radical (unpaired) electrons. The SMILES string of the molecule is CNCc1cccc(CNC(=O)c2ccc3ncccc3c2Cl)c1. The Balaban J connectivity index is 1.76. The van der Waals surface area contributed by atoms with Crippen molar-refractivity contribution in [3.05, 3.63) is 76.4 Å². The molecule has 1 aromatic heterocycles. The molecule has 0 bridgehead atoms. The summed E-state index contributed by atoms with van der Waals surface area (Å²) < 4.78 is 0. The van der Waals surface area contributed by atoms with Gasteiger partial charge in [0.25, 0.3) is 5.91 Å². The molecule has 4 nitrogen and oxygen atoms in total. The maximum atomic E-state index is 12.5. The molecule has 2 aromatic carbocycles. The van der Waals surface area contributed by atoms with Gasteiger partial charge in [-0.1, -0.05) is 35.9 Å². The van der Waals surface area contributed by atoms with E-state index in [4.69, 9.17) is 11.6 Å². The standard InChI is InChI=1S/C19H18ClN3O/c1-21-11-13-4-2-5-14(10-13)12-23-19(24)16-7-8-17-15(18(16)20)6-3-9-22-17/h2-10,21H,11-12H2,1H3,(H,23,24). The molecule has 0 atom stereocenters. The van der Waals surface area contributed by atoms with Crippen LogP contribution in [0.4, 0.5) is 0 Å². The molecule has 0 saturated carbocycles. The van der Waals surface area contributed by atoms with Crippen molar-refractivity contribution in [2.24, 2.45) is 0 Å². The number of benzene rings is 2. The summed E-state index contributed by atoms with van der Waals surface area (Å²) in [5.74, 6) is -0.190. The van der Waals surface area contributed by atoms with E-state index in [1.807, 2.05) is 37.4 Å². The zero-order valence-corrected chi connectivity index (χ0v) is 14.1. The summed E-state index contributed by atoms with van der Waals surface area (Å²) in [5, 5.41) is 7.25. The Kier molecular flexibility index (Phi) is 5.08. The van der Waals surface area contributed by atoms with Crippen molar-refractivity contribution >= 4 is 28.4 Å². The van der Waals surface area contributed by atoms with E-state index < -0.39 is 0 Å². The minimum Gasteiger partial charge on any atom is -0.348 e. The van der Waals surface area contributed by atoms with Crippen LogP contribution in [0, 0.1) is 0 Å². The minimum atomic E-state index is -0.190. The maximum Gasteiger partial charge on any atom is 0.253 e. The number of nitrogens with one attached hydrogen (secondary N) is 2. The van der Waals surface area contributed by atoms with Gasteiger partial charge in [0.2, 0.25) is 0 Å². The van der Waals surface area contributed by atoms with Crippen molar-refractivity contribution in [2.45, 2.75) is 13.1 Å². The molecule has 0 aliphatic rings. The molecular weight excluding hydrogens is 322 g/mol. The zero-order valence-electron chi connectivity index (χ0n) is 13.3. The lowest BCUT2D eigenvalue weighted by molar-refractivity contribution is 0.0951. The van der Waals surface area contributed by atoms with Crippen LogP contribution < -0.4 is 10.6 Å². The maximum absolute atomic E-state index is 12.5. The summed E-state index contributed by atoms with van der Waals surface area (Å²) in [7, 11) is 1.91. The number of amides is 1. The first-order chi connectivity index (χ1) is 11.7. The molecule has 2 N–H and O–H groups in total. The number of hydrogen-bond acceptors (Lipinski definition) is 3. The summed E-state index contributed by atoms with van der Waals surface area (Å²) in [4.78, 5) is 16.7. The van der Waals surface area contributed by atoms with E-state index in [0.717, 1.165) is 23.0 Å². The third-order valence-electron chi connectivity index (χ3n) is 3.79. The summed E-state index contributed by atoms with van der Waals surface area (Å²) in [6.45, 7) is 1.25. The molecule has 0 aliphatic carbocycles. The number of hydrogen-bond donors (Lipinski definition) is 2. The highest BCUT2D eigenvalue weighted by Crippen LogP contribution is 2.26. The fourth-order valence-corrected chi connectivity index (χ4v) is 2.93. The summed E-state index contributed by atoms with van der Waals surface area (Å²) >= 11 is 6.38. The van der Waals surface area contributed by atoms with Crippen LogP contribution >= 0.6 is 11.6 Å². The first kappa shape index (κ1) is 16.4. The van der Waals surface area contributed by atoms with Crippen LogP contribution in [0.15, 0.2) is 54.7 Å². The number of rotatable bonds is 5. The van der Waals surface area contributed by atoms with Gasteiger partial charge in [-0.05, 0) is 42.4 Å². The van der Waals surface area contributed by atoms with E-state index in [1.54, 1.807) is 12.3 Å². The molecule has 0 unspecified atom stereocenters. The average Bonchev–Trinajstić information content (AvgIpc) is 2.61. The van der Waals surface area contributed by atoms with Crippen molar-refractivity contribution in [1.29, 1.82) is 0 Å². The van der Waals surface area contributed by atoms with Crippen molar-refractivity contribution in [3.63, 3.8) is 0 Å². The van der Waals surface area contributed by atoms with Crippen molar-refractivity contribution in [3.8, 4) is 0 Å². The molecule has 3 rings (SSSR count). The van der Waals surface area contributed by atoms with Gasteiger partial charge in [0.05, 0.1) is 16.1 Å². The van der Waals surface area contributed by atoms with Gasteiger partial charge < -0.3 is 10.6 Å². The highest BCUT2D eigenvalue weighted by Gasteiger charge is 2.13. The highest BCUT2D eigenvalue weighted by atomic mass is 35.5. The largest absolute Gasteiger partial charge is 0.348 e. The molecule has 3 aromatic rings. The third-order valence-corrected chi connectivity index (χ3v) is 4.20. The quantitative estimate of drug-likeness (QED) is 0.747. The van der Waals surface area contributed by atoms with Crippen LogP contribution in [-0.2, 0) is 13.1 Å². The monoisotopic (exact) mass is 339 g/mol. The molecular formula is C19H18ClN3O. The second kappa shape index (κ2) is 7.43. The lowest BCUT2D eigenvalue weighted by atomic mass is 10.1. The number of halogens is 1. The molecule has 0 spiro atoms. The number of nitrogens with zero attached hydrogens (tertiary/aromatic N) is 1. The minimum absolute atomic E-state index is 0.190. The van der Waals surface area contributed by atoms with Crippen LogP contribution in [0.5, 0.6) is 0 Å². The normalized spacial score (nSPS) is 10.8. The number of aromatic nitrogens is 1. The van der Waals surface area contributed by atoms with E-state index in [0.29, 0.717) is 17.1 Å². The molecule has 1 heterocycles. The fraction of sp³-hybridized carbons (Fsp3) is 0.158. The topological polar surface area (TPSA) is 54.0 Å². The van der Waals surface area contributed by atoms with Crippen LogP contribution in [-0.4, -0.2) is 17.9 Å². The molecule has 122 valence electrons. The number of carbonyl (C=O) groups excluding carboxylic acids is 1. The fourth-order valence-electron chi connectivity index (χ4n) is 2.62. The van der Waals surface area contributed by atoms with E-state index in [2.05, 4.69) is 27.8 Å². The second-order valence-corrected chi connectivity index (χ2v) is 5.91. The van der Waals surface area contributed by atoms with E-state index >= 15 is 0 Å². The number of fused-ring (bicyclic) bond motifs is 1. The Bertz CT molecular complexity index is 879.